The molecule has 12 heteroatoms. The number of ether oxygens (including phenoxy) is 1. The highest BCUT2D eigenvalue weighted by molar-refractivity contribution is 7.47. The van der Waals surface area contributed by atoms with E-state index in [-0.39, 0.29) is 12.8 Å². The number of esters is 1. The Hall–Kier alpha value is -3.86. The molecular formula is C58H96NO10P. The summed E-state index contributed by atoms with van der Waals surface area (Å²) in [5.74, 6) is -2.42. The Bertz CT molecular complexity index is 1590. The van der Waals surface area contributed by atoms with E-state index < -0.39 is 57.6 Å². The smallest absolute Gasteiger partial charge is 0.472 e. The van der Waals surface area contributed by atoms with Crippen LogP contribution in [-0.4, -0.2) is 64.9 Å². The van der Waals surface area contributed by atoms with Crippen LogP contribution in [-0.2, 0) is 32.7 Å². The van der Waals surface area contributed by atoms with Gasteiger partial charge in [0.15, 0.2) is 6.04 Å². The molecule has 398 valence electrons. The van der Waals surface area contributed by atoms with Crippen molar-refractivity contribution < 1.29 is 47.8 Å². The number of carboxylic acids is 1. The first-order valence-electron chi connectivity index (χ1n) is 26.9. The summed E-state index contributed by atoms with van der Waals surface area (Å²) in [5, 5.41) is 21.9. The monoisotopic (exact) mass is 998 g/mol. The van der Waals surface area contributed by atoms with Gasteiger partial charge in [-0.15, -0.1) is 0 Å². The number of amides is 1. The van der Waals surface area contributed by atoms with Gasteiger partial charge in [0.2, 0.25) is 5.91 Å². The fraction of sp³-hybridized carbons (Fsp3) is 0.638. The quantitative estimate of drug-likeness (QED) is 0.0199. The Morgan fingerprint density at radius 1 is 0.471 bits per heavy atom. The molecule has 0 aliphatic carbocycles. The molecule has 3 atom stereocenters. The molecule has 0 saturated carbocycles. The molecule has 0 fully saturated rings. The minimum absolute atomic E-state index is 0.109. The molecule has 70 heavy (non-hydrogen) atoms. The standard InChI is InChI=1S/C58H96NO10P/c1-3-5-7-9-11-13-15-17-19-21-23-25-27-29-31-33-35-37-39-41-43-45-47-49-56(61)59-55(58(63)64)53-69-70(65,66)68-52-54(60)51-67-57(62)50-48-46-44-42-40-38-36-34-32-30-28-26-24-22-20-18-16-14-12-10-8-6-4-2/h5,7,11-14,17-20,23-26,29,31,35,37,54-55,60H,3-4,6,8-10,15-16,21-22,27-28,30,32-34,36,38-53H2,1-2H3,(H,59,61)(H,63,64)(H,65,66)/b7-5-,13-11-,14-12-,19-17-,20-18-,25-23-,26-24-,31-29-,37-35-. The number of rotatable bonds is 49. The highest BCUT2D eigenvalue weighted by atomic mass is 31.2. The molecule has 0 aromatic heterocycles. The summed E-state index contributed by atoms with van der Waals surface area (Å²) in [4.78, 5) is 46.2. The van der Waals surface area contributed by atoms with Gasteiger partial charge in [-0.05, 0) is 103 Å². The number of aliphatic hydroxyl groups is 1. The van der Waals surface area contributed by atoms with Crippen molar-refractivity contribution in [2.75, 3.05) is 19.8 Å². The zero-order valence-corrected chi connectivity index (χ0v) is 44.4. The van der Waals surface area contributed by atoms with E-state index in [1.165, 1.54) is 64.2 Å². The van der Waals surface area contributed by atoms with Crippen LogP contribution in [0.2, 0.25) is 0 Å². The van der Waals surface area contributed by atoms with Gasteiger partial charge in [-0.2, -0.15) is 0 Å². The number of carbonyl (C=O) groups is 3. The van der Waals surface area contributed by atoms with E-state index in [1.54, 1.807) is 0 Å². The lowest BCUT2D eigenvalue weighted by atomic mass is 10.1. The van der Waals surface area contributed by atoms with Crippen molar-refractivity contribution in [3.05, 3.63) is 109 Å². The molecule has 0 heterocycles. The molecule has 4 N–H and O–H groups in total. The van der Waals surface area contributed by atoms with Gasteiger partial charge in [-0.25, -0.2) is 9.36 Å². The van der Waals surface area contributed by atoms with Crippen molar-refractivity contribution in [2.45, 2.75) is 219 Å². The van der Waals surface area contributed by atoms with E-state index in [4.69, 9.17) is 13.8 Å². The summed E-state index contributed by atoms with van der Waals surface area (Å²) in [6.07, 6.45) is 68.2. The first kappa shape index (κ1) is 66.1. The number of allylic oxidation sites excluding steroid dienone is 18. The number of carboxylic acid groups (broad SMARTS) is 1. The lowest BCUT2D eigenvalue weighted by Gasteiger charge is -2.18. The number of phosphoric acid groups is 1. The average Bonchev–Trinajstić information content (AvgIpc) is 3.34. The van der Waals surface area contributed by atoms with E-state index in [0.717, 1.165) is 103 Å². The van der Waals surface area contributed by atoms with Crippen LogP contribution >= 0.6 is 7.82 Å². The fourth-order valence-electron chi connectivity index (χ4n) is 6.91. The fourth-order valence-corrected chi connectivity index (χ4v) is 7.69. The van der Waals surface area contributed by atoms with Gasteiger partial charge in [-0.3, -0.25) is 18.6 Å². The zero-order valence-electron chi connectivity index (χ0n) is 43.5. The summed E-state index contributed by atoms with van der Waals surface area (Å²) >= 11 is 0. The maximum Gasteiger partial charge on any atom is 0.472 e. The molecule has 0 bridgehead atoms. The van der Waals surface area contributed by atoms with Gasteiger partial charge in [-0.1, -0.05) is 200 Å². The SMILES string of the molecule is CC/C=C\C/C=C\C/C=C\C/C=C\C/C=C\C/C=C\CCCCCCC(=O)NC(COP(=O)(O)OCC(O)COC(=O)CCCCCCCCCCCC/C=C\C/C=C\C/C=C\CCCCC)C(=O)O. The number of aliphatic carboxylic acids is 1. The van der Waals surface area contributed by atoms with E-state index in [9.17, 15) is 34.1 Å². The number of hydrogen-bond acceptors (Lipinski definition) is 8. The molecule has 3 unspecified atom stereocenters. The van der Waals surface area contributed by atoms with Gasteiger partial charge in [0.25, 0.3) is 0 Å². The van der Waals surface area contributed by atoms with Crippen molar-refractivity contribution in [3.63, 3.8) is 0 Å². The van der Waals surface area contributed by atoms with Crippen LogP contribution in [0.5, 0.6) is 0 Å². The highest BCUT2D eigenvalue weighted by Crippen LogP contribution is 2.43. The Balaban J connectivity index is 3.89. The molecule has 0 saturated heterocycles. The van der Waals surface area contributed by atoms with E-state index >= 15 is 0 Å². The van der Waals surface area contributed by atoms with Crippen LogP contribution in [0.1, 0.15) is 206 Å². The second-order valence-electron chi connectivity index (χ2n) is 17.7. The van der Waals surface area contributed by atoms with Crippen molar-refractivity contribution in [1.29, 1.82) is 0 Å². The van der Waals surface area contributed by atoms with Crippen LogP contribution in [0, 0.1) is 0 Å². The summed E-state index contributed by atoms with van der Waals surface area (Å²) < 4.78 is 27.0. The summed E-state index contributed by atoms with van der Waals surface area (Å²) in [6.45, 7) is 2.44. The van der Waals surface area contributed by atoms with Crippen molar-refractivity contribution in [3.8, 4) is 0 Å². The first-order valence-corrected chi connectivity index (χ1v) is 28.4. The second kappa shape index (κ2) is 51.5. The normalized spacial score (nSPS) is 14.3. The number of aliphatic hydroxyl groups excluding tert-OH is 1. The third kappa shape index (κ3) is 50.5. The van der Waals surface area contributed by atoms with Gasteiger partial charge in [0.1, 0.15) is 12.7 Å². The van der Waals surface area contributed by atoms with Crippen LogP contribution in [0.15, 0.2) is 109 Å². The average molecular weight is 998 g/mol. The molecule has 0 aliphatic heterocycles. The van der Waals surface area contributed by atoms with Crippen LogP contribution in [0.4, 0.5) is 0 Å². The summed E-state index contributed by atoms with van der Waals surface area (Å²) in [7, 11) is -4.78. The minimum atomic E-state index is -4.78. The Kier molecular flexibility index (Phi) is 48.7. The summed E-state index contributed by atoms with van der Waals surface area (Å²) in [6, 6.07) is -1.57. The molecule has 0 aromatic carbocycles. The number of hydrogen-bond donors (Lipinski definition) is 4. The number of nitrogens with one attached hydrogen (secondary N) is 1. The maximum atomic E-state index is 12.4. The molecule has 11 nitrogen and oxygen atoms in total. The van der Waals surface area contributed by atoms with Gasteiger partial charge in [0.05, 0.1) is 13.2 Å². The predicted octanol–water partition coefficient (Wildman–Crippen LogP) is 15.3. The van der Waals surface area contributed by atoms with Gasteiger partial charge < -0.3 is 25.2 Å². The molecule has 0 aliphatic rings. The minimum Gasteiger partial charge on any atom is -0.480 e. The Morgan fingerprint density at radius 2 is 0.829 bits per heavy atom. The molecular weight excluding hydrogens is 902 g/mol. The molecule has 0 radical (unpaired) electrons. The molecule has 0 aromatic rings. The third-order valence-electron chi connectivity index (χ3n) is 11.0. The first-order chi connectivity index (χ1) is 34.1. The van der Waals surface area contributed by atoms with Gasteiger partial charge >= 0.3 is 19.8 Å². The Morgan fingerprint density at radius 3 is 1.24 bits per heavy atom. The van der Waals surface area contributed by atoms with Crippen molar-refractivity contribution in [2.24, 2.45) is 0 Å². The largest absolute Gasteiger partial charge is 0.480 e. The molecule has 0 rings (SSSR count). The van der Waals surface area contributed by atoms with E-state index in [0.29, 0.717) is 12.8 Å². The number of unbranched alkanes of at least 4 members (excludes halogenated alkanes) is 17. The number of phosphoric ester groups is 1. The highest BCUT2D eigenvalue weighted by Gasteiger charge is 2.28. The molecule has 1 amide bonds. The van der Waals surface area contributed by atoms with E-state index in [1.807, 2.05) is 0 Å². The lowest BCUT2D eigenvalue weighted by Crippen LogP contribution is -2.43. The van der Waals surface area contributed by atoms with Crippen LogP contribution < -0.4 is 5.32 Å². The van der Waals surface area contributed by atoms with E-state index in [2.05, 4.69) is 129 Å². The van der Waals surface area contributed by atoms with Gasteiger partial charge in [0, 0.05) is 12.8 Å². The van der Waals surface area contributed by atoms with Crippen LogP contribution in [0.3, 0.4) is 0 Å². The second-order valence-corrected chi connectivity index (χ2v) is 19.1. The lowest BCUT2D eigenvalue weighted by molar-refractivity contribution is -0.147. The topological polar surface area (TPSA) is 169 Å². The molecule has 0 spiro atoms. The zero-order chi connectivity index (χ0) is 51.3. The summed E-state index contributed by atoms with van der Waals surface area (Å²) in [5.41, 5.74) is 0. The van der Waals surface area contributed by atoms with Crippen molar-refractivity contribution in [1.82, 2.24) is 5.32 Å². The maximum absolute atomic E-state index is 12.4. The number of carbonyl (C=O) groups excluding carboxylic acids is 2. The third-order valence-corrected chi connectivity index (χ3v) is 12.0. The van der Waals surface area contributed by atoms with Crippen LogP contribution in [0.25, 0.3) is 0 Å². The van der Waals surface area contributed by atoms with Crippen molar-refractivity contribution >= 4 is 25.7 Å². The predicted molar refractivity (Wildman–Crippen MR) is 290 cm³/mol. The Labute approximate surface area is 425 Å².